The van der Waals surface area contributed by atoms with Crippen LogP contribution in [0, 0.1) is 0 Å². The van der Waals surface area contributed by atoms with Gasteiger partial charge in [0.15, 0.2) is 6.29 Å². The molecular formula is C15H22BNO3S. The van der Waals surface area contributed by atoms with E-state index in [1.165, 1.54) is 11.3 Å². The van der Waals surface area contributed by atoms with Gasteiger partial charge in [0, 0.05) is 6.54 Å². The minimum atomic E-state index is -0.373. The Bertz CT molecular complexity index is 535. The number of rotatable bonds is 5. The van der Waals surface area contributed by atoms with Gasteiger partial charge in [0.1, 0.15) is 0 Å². The Morgan fingerprint density at radius 3 is 2.43 bits per heavy atom. The SMILES string of the molecule is CNCC(=Cc1csc(C=O)c1)B1OC(C)(C)C(C)(C)O1. The van der Waals surface area contributed by atoms with Gasteiger partial charge in [0.05, 0.1) is 16.1 Å². The Hall–Kier alpha value is -0.945. The molecule has 2 rings (SSSR count). The van der Waals surface area contributed by atoms with Crippen LogP contribution in [-0.4, -0.2) is 38.2 Å². The molecule has 1 saturated heterocycles. The highest BCUT2D eigenvalue weighted by Crippen LogP contribution is 2.38. The molecule has 4 nitrogen and oxygen atoms in total. The van der Waals surface area contributed by atoms with E-state index < -0.39 is 0 Å². The Kier molecular flexibility index (Phi) is 4.73. The Balaban J connectivity index is 2.26. The lowest BCUT2D eigenvalue weighted by Gasteiger charge is -2.32. The van der Waals surface area contributed by atoms with Crippen LogP contribution in [0.25, 0.3) is 6.08 Å². The fourth-order valence-corrected chi connectivity index (χ4v) is 2.79. The average molecular weight is 307 g/mol. The predicted octanol–water partition coefficient (Wildman–Crippen LogP) is 2.79. The van der Waals surface area contributed by atoms with Gasteiger partial charge in [0.2, 0.25) is 0 Å². The molecule has 114 valence electrons. The zero-order valence-corrected chi connectivity index (χ0v) is 14.0. The third kappa shape index (κ3) is 3.45. The predicted molar refractivity (Wildman–Crippen MR) is 87.7 cm³/mol. The summed E-state index contributed by atoms with van der Waals surface area (Å²) in [5.74, 6) is 0. The molecule has 2 heterocycles. The monoisotopic (exact) mass is 307 g/mol. The second-order valence-corrected chi connectivity index (χ2v) is 7.18. The van der Waals surface area contributed by atoms with Crippen molar-refractivity contribution in [3.8, 4) is 0 Å². The lowest BCUT2D eigenvalue weighted by molar-refractivity contribution is 0.00578. The van der Waals surface area contributed by atoms with Gasteiger partial charge in [-0.15, -0.1) is 11.3 Å². The van der Waals surface area contributed by atoms with Gasteiger partial charge in [-0.2, -0.15) is 0 Å². The maximum absolute atomic E-state index is 10.8. The van der Waals surface area contributed by atoms with Gasteiger partial charge in [-0.1, -0.05) is 6.08 Å². The van der Waals surface area contributed by atoms with Crippen LogP contribution >= 0.6 is 11.3 Å². The Labute approximate surface area is 130 Å². The smallest absolute Gasteiger partial charge is 0.400 e. The third-order valence-corrected chi connectivity index (χ3v) is 4.92. The van der Waals surface area contributed by atoms with E-state index in [0.29, 0.717) is 6.54 Å². The van der Waals surface area contributed by atoms with E-state index in [9.17, 15) is 4.79 Å². The van der Waals surface area contributed by atoms with Crippen molar-refractivity contribution in [3.05, 3.63) is 27.4 Å². The molecule has 1 aromatic rings. The van der Waals surface area contributed by atoms with Gasteiger partial charge < -0.3 is 14.6 Å². The number of carbonyl (C=O) groups excluding carboxylic acids is 1. The van der Waals surface area contributed by atoms with Crippen molar-refractivity contribution in [2.45, 2.75) is 38.9 Å². The summed E-state index contributed by atoms with van der Waals surface area (Å²) in [5.41, 5.74) is 1.31. The van der Waals surface area contributed by atoms with Gasteiger partial charge >= 0.3 is 7.12 Å². The molecule has 1 aromatic heterocycles. The molecule has 1 aliphatic heterocycles. The van der Waals surface area contributed by atoms with Crippen LogP contribution in [0.15, 0.2) is 16.9 Å². The van der Waals surface area contributed by atoms with Crippen LogP contribution in [0.1, 0.15) is 42.9 Å². The first-order valence-electron chi connectivity index (χ1n) is 7.03. The fourth-order valence-electron chi connectivity index (χ4n) is 2.12. The second kappa shape index (κ2) is 6.05. The minimum Gasteiger partial charge on any atom is -0.400 e. The van der Waals surface area contributed by atoms with Crippen molar-refractivity contribution in [2.24, 2.45) is 0 Å². The average Bonchev–Trinajstić information content (AvgIpc) is 2.92. The van der Waals surface area contributed by atoms with Gasteiger partial charge in [-0.05, 0) is 57.2 Å². The summed E-state index contributed by atoms with van der Waals surface area (Å²) in [4.78, 5) is 11.5. The molecule has 0 aliphatic carbocycles. The molecule has 0 saturated carbocycles. The largest absolute Gasteiger partial charge is 0.491 e. The first-order valence-corrected chi connectivity index (χ1v) is 7.91. The van der Waals surface area contributed by atoms with Crippen LogP contribution in [0.4, 0.5) is 0 Å². The molecule has 0 spiro atoms. The standard InChI is InChI=1S/C15H22BNO3S/c1-14(2)15(3,4)20-16(19-14)12(8-17-5)6-11-7-13(9-18)21-10-11/h6-7,9-10,17H,8H2,1-5H3. The number of carbonyl (C=O) groups is 1. The van der Waals surface area contributed by atoms with Gasteiger partial charge in [0.25, 0.3) is 0 Å². The normalized spacial score (nSPS) is 20.8. The van der Waals surface area contributed by atoms with Crippen molar-refractivity contribution < 1.29 is 14.1 Å². The number of hydrogen-bond acceptors (Lipinski definition) is 5. The molecule has 0 radical (unpaired) electrons. The molecule has 1 N–H and O–H groups in total. The van der Waals surface area contributed by atoms with Crippen molar-refractivity contribution in [1.29, 1.82) is 0 Å². The maximum Gasteiger partial charge on any atom is 0.491 e. The van der Waals surface area contributed by atoms with E-state index in [1.807, 2.05) is 52.3 Å². The highest BCUT2D eigenvalue weighted by molar-refractivity contribution is 7.11. The number of hydrogen-bond donors (Lipinski definition) is 1. The molecule has 21 heavy (non-hydrogen) atoms. The molecule has 1 aliphatic rings. The highest BCUT2D eigenvalue weighted by atomic mass is 32.1. The maximum atomic E-state index is 10.8. The van der Waals surface area contributed by atoms with Crippen molar-refractivity contribution in [3.63, 3.8) is 0 Å². The molecule has 0 atom stereocenters. The Morgan fingerprint density at radius 1 is 1.33 bits per heavy atom. The van der Waals surface area contributed by atoms with Gasteiger partial charge in [-0.25, -0.2) is 0 Å². The lowest BCUT2D eigenvalue weighted by Crippen LogP contribution is -2.41. The zero-order valence-electron chi connectivity index (χ0n) is 13.2. The van der Waals surface area contributed by atoms with E-state index >= 15 is 0 Å². The van der Waals surface area contributed by atoms with Crippen LogP contribution in [-0.2, 0) is 9.31 Å². The van der Waals surface area contributed by atoms with Crippen molar-refractivity contribution >= 4 is 30.8 Å². The summed E-state index contributed by atoms with van der Waals surface area (Å²) in [5, 5.41) is 5.11. The summed E-state index contributed by atoms with van der Waals surface area (Å²) < 4.78 is 12.2. The second-order valence-electron chi connectivity index (χ2n) is 6.24. The van der Waals surface area contributed by atoms with E-state index in [2.05, 4.69) is 5.32 Å². The number of aldehydes is 1. The summed E-state index contributed by atoms with van der Waals surface area (Å²) in [6.07, 6.45) is 2.90. The molecule has 6 heteroatoms. The molecule has 0 unspecified atom stereocenters. The quantitative estimate of drug-likeness (QED) is 0.671. The van der Waals surface area contributed by atoms with Crippen molar-refractivity contribution in [2.75, 3.05) is 13.6 Å². The number of likely N-dealkylation sites (N-methyl/N-ethyl adjacent to an activating group) is 1. The first-order chi connectivity index (χ1) is 9.79. The number of nitrogens with one attached hydrogen (secondary N) is 1. The summed E-state index contributed by atoms with van der Waals surface area (Å²) in [7, 11) is 1.52. The van der Waals surface area contributed by atoms with Crippen LogP contribution in [0.3, 0.4) is 0 Å². The van der Waals surface area contributed by atoms with Crippen LogP contribution in [0.5, 0.6) is 0 Å². The van der Waals surface area contributed by atoms with E-state index in [-0.39, 0.29) is 18.3 Å². The summed E-state index contributed by atoms with van der Waals surface area (Å²) in [6.45, 7) is 8.83. The van der Waals surface area contributed by atoms with E-state index in [4.69, 9.17) is 9.31 Å². The lowest BCUT2D eigenvalue weighted by atomic mass is 9.77. The first kappa shape index (κ1) is 16.4. The molecule has 1 fully saturated rings. The Morgan fingerprint density at radius 2 is 1.95 bits per heavy atom. The fraction of sp³-hybridized carbons (Fsp3) is 0.533. The molecular weight excluding hydrogens is 285 g/mol. The molecule has 0 bridgehead atoms. The van der Waals surface area contributed by atoms with Crippen LogP contribution < -0.4 is 5.32 Å². The van der Waals surface area contributed by atoms with E-state index in [1.54, 1.807) is 0 Å². The summed E-state index contributed by atoms with van der Waals surface area (Å²) in [6, 6.07) is 1.87. The highest BCUT2D eigenvalue weighted by Gasteiger charge is 2.52. The van der Waals surface area contributed by atoms with E-state index in [0.717, 1.165) is 22.2 Å². The zero-order chi connectivity index (χ0) is 15.7. The molecule has 0 amide bonds. The topological polar surface area (TPSA) is 47.6 Å². The third-order valence-electron chi connectivity index (χ3n) is 4.05. The minimum absolute atomic E-state index is 0.354. The van der Waals surface area contributed by atoms with Crippen molar-refractivity contribution in [1.82, 2.24) is 5.32 Å². The van der Waals surface area contributed by atoms with Crippen LogP contribution in [0.2, 0.25) is 0 Å². The summed E-state index contributed by atoms with van der Waals surface area (Å²) >= 11 is 1.44. The molecule has 0 aromatic carbocycles. The van der Waals surface area contributed by atoms with Gasteiger partial charge in [-0.3, -0.25) is 4.79 Å². The number of thiophene rings is 1.